The van der Waals surface area contributed by atoms with E-state index in [9.17, 15) is 18.0 Å². The molecule has 2 aromatic rings. The summed E-state index contributed by atoms with van der Waals surface area (Å²) in [7, 11) is 0. The van der Waals surface area contributed by atoms with Gasteiger partial charge in [-0.2, -0.15) is 13.2 Å². The lowest BCUT2D eigenvalue weighted by atomic mass is 9.82. The molecule has 1 aromatic heterocycles. The van der Waals surface area contributed by atoms with Gasteiger partial charge in [0.2, 0.25) is 5.91 Å². The molecule has 4 nitrogen and oxygen atoms in total. The number of alkyl halides is 3. The van der Waals surface area contributed by atoms with Gasteiger partial charge >= 0.3 is 6.18 Å². The standard InChI is InChI=1S/C22H28F3N3O/c1-14-3-5-16(6-4-14)21(29)27-11-9-18(10-12-27)28-15(2)26-19-13-17(22(23,24)25)7-8-20(19)28/h7-8,13-14,16,18H,3-6,9-12H2,1-2H3. The molecule has 2 heterocycles. The zero-order chi connectivity index (χ0) is 20.8. The molecule has 4 rings (SSSR count). The number of halogens is 3. The number of aryl methyl sites for hydroxylation is 1. The van der Waals surface area contributed by atoms with Gasteiger partial charge in [-0.25, -0.2) is 4.98 Å². The van der Waals surface area contributed by atoms with Gasteiger partial charge in [0, 0.05) is 25.0 Å². The number of benzene rings is 1. The number of carbonyl (C=O) groups is 1. The molecule has 158 valence electrons. The second-order valence-corrected chi connectivity index (χ2v) is 8.74. The average Bonchev–Trinajstić information content (AvgIpc) is 3.02. The third-order valence-electron chi connectivity index (χ3n) is 6.70. The van der Waals surface area contributed by atoms with Crippen LogP contribution in [0, 0.1) is 18.8 Å². The van der Waals surface area contributed by atoms with Gasteiger partial charge in [0.05, 0.1) is 16.6 Å². The predicted molar refractivity (Wildman–Crippen MR) is 105 cm³/mol. The molecule has 0 bridgehead atoms. The molecule has 0 atom stereocenters. The Balaban J connectivity index is 1.46. The zero-order valence-electron chi connectivity index (χ0n) is 17.0. The molecule has 7 heteroatoms. The van der Waals surface area contributed by atoms with E-state index in [0.29, 0.717) is 18.6 Å². The number of piperidine rings is 1. The van der Waals surface area contributed by atoms with Crippen LogP contribution in [0.25, 0.3) is 11.0 Å². The summed E-state index contributed by atoms with van der Waals surface area (Å²) in [6.45, 7) is 5.50. The number of rotatable bonds is 2. The third kappa shape index (κ3) is 4.01. The number of hydrogen-bond donors (Lipinski definition) is 0. The number of fused-ring (bicyclic) bond motifs is 1. The maximum Gasteiger partial charge on any atom is 0.416 e. The molecule has 2 fully saturated rings. The van der Waals surface area contributed by atoms with E-state index in [1.54, 1.807) is 0 Å². The lowest BCUT2D eigenvalue weighted by molar-refractivity contribution is -0.138. The van der Waals surface area contributed by atoms with E-state index in [0.717, 1.165) is 67.9 Å². The van der Waals surface area contributed by atoms with E-state index >= 15 is 0 Å². The van der Waals surface area contributed by atoms with Gasteiger partial charge in [0.25, 0.3) is 0 Å². The van der Waals surface area contributed by atoms with Crippen molar-refractivity contribution in [3.8, 4) is 0 Å². The summed E-state index contributed by atoms with van der Waals surface area (Å²) in [5.41, 5.74) is 0.450. The second kappa shape index (κ2) is 7.65. The number of amides is 1. The van der Waals surface area contributed by atoms with Crippen molar-refractivity contribution in [1.82, 2.24) is 14.5 Å². The summed E-state index contributed by atoms with van der Waals surface area (Å²) in [5.74, 6) is 1.90. The third-order valence-corrected chi connectivity index (χ3v) is 6.70. The van der Waals surface area contributed by atoms with Gasteiger partial charge in [-0.05, 0) is 69.6 Å². The van der Waals surface area contributed by atoms with Gasteiger partial charge in [-0.15, -0.1) is 0 Å². The van der Waals surface area contributed by atoms with Crippen molar-refractivity contribution in [3.05, 3.63) is 29.6 Å². The number of likely N-dealkylation sites (tertiary alicyclic amines) is 1. The normalized spacial score (nSPS) is 24.2. The van der Waals surface area contributed by atoms with Gasteiger partial charge in [-0.1, -0.05) is 6.92 Å². The summed E-state index contributed by atoms with van der Waals surface area (Å²) in [4.78, 5) is 19.2. The Morgan fingerprint density at radius 1 is 1.07 bits per heavy atom. The van der Waals surface area contributed by atoms with Crippen molar-refractivity contribution >= 4 is 16.9 Å². The number of aromatic nitrogens is 2. The summed E-state index contributed by atoms with van der Waals surface area (Å²) in [6.07, 6.45) is 1.50. The Labute approximate surface area is 169 Å². The molecule has 2 aliphatic rings. The molecule has 1 aliphatic carbocycles. The Kier molecular flexibility index (Phi) is 5.34. The van der Waals surface area contributed by atoms with Crippen molar-refractivity contribution in [3.63, 3.8) is 0 Å². The molecule has 0 unspecified atom stereocenters. The van der Waals surface area contributed by atoms with Crippen LogP contribution in [0.5, 0.6) is 0 Å². The van der Waals surface area contributed by atoms with Crippen LogP contribution in [0.15, 0.2) is 18.2 Å². The Morgan fingerprint density at radius 3 is 2.34 bits per heavy atom. The van der Waals surface area contributed by atoms with Gasteiger partial charge in [-0.3, -0.25) is 4.79 Å². The molecule has 0 N–H and O–H groups in total. The molecule has 1 aliphatic heterocycles. The average molecular weight is 407 g/mol. The minimum atomic E-state index is -4.37. The highest BCUT2D eigenvalue weighted by atomic mass is 19.4. The Hall–Kier alpha value is -2.05. The maximum atomic E-state index is 13.0. The number of nitrogens with zero attached hydrogens (tertiary/aromatic N) is 3. The van der Waals surface area contributed by atoms with Crippen LogP contribution < -0.4 is 0 Å². The number of carbonyl (C=O) groups excluding carboxylic acids is 1. The first-order chi connectivity index (χ1) is 13.7. The topological polar surface area (TPSA) is 38.1 Å². The highest BCUT2D eigenvalue weighted by Gasteiger charge is 2.33. The van der Waals surface area contributed by atoms with Crippen molar-refractivity contribution in [2.75, 3.05) is 13.1 Å². The summed E-state index contributed by atoms with van der Waals surface area (Å²) < 4.78 is 41.1. The van der Waals surface area contributed by atoms with Crippen LogP contribution in [0.1, 0.15) is 62.9 Å². The SMILES string of the molecule is Cc1nc2cc(C(F)(F)F)ccc2n1C1CCN(C(=O)C2CCC(C)CC2)CC1. The first-order valence-corrected chi connectivity index (χ1v) is 10.6. The Morgan fingerprint density at radius 2 is 1.72 bits per heavy atom. The van der Waals surface area contributed by atoms with Crippen LogP contribution >= 0.6 is 0 Å². The highest BCUT2D eigenvalue weighted by molar-refractivity contribution is 5.79. The van der Waals surface area contributed by atoms with E-state index in [1.165, 1.54) is 6.07 Å². The van der Waals surface area contributed by atoms with Crippen LogP contribution in [0.2, 0.25) is 0 Å². The smallest absolute Gasteiger partial charge is 0.342 e. The fourth-order valence-electron chi connectivity index (χ4n) is 4.97. The molecule has 1 saturated carbocycles. The van der Waals surface area contributed by atoms with Crippen molar-refractivity contribution in [2.24, 2.45) is 11.8 Å². The summed E-state index contributed by atoms with van der Waals surface area (Å²) in [6, 6.07) is 3.94. The maximum absolute atomic E-state index is 13.0. The molecule has 1 amide bonds. The molecule has 1 aromatic carbocycles. The minimum Gasteiger partial charge on any atom is -0.342 e. The lowest BCUT2D eigenvalue weighted by Crippen LogP contribution is -2.43. The number of hydrogen-bond acceptors (Lipinski definition) is 2. The first-order valence-electron chi connectivity index (χ1n) is 10.6. The lowest BCUT2D eigenvalue weighted by Gasteiger charge is -2.36. The fraction of sp³-hybridized carbons (Fsp3) is 0.636. The monoisotopic (exact) mass is 407 g/mol. The highest BCUT2D eigenvalue weighted by Crippen LogP contribution is 2.35. The summed E-state index contributed by atoms with van der Waals surface area (Å²) >= 11 is 0. The van der Waals surface area contributed by atoms with Crippen LogP contribution in [-0.2, 0) is 11.0 Å². The van der Waals surface area contributed by atoms with E-state index in [2.05, 4.69) is 16.5 Å². The number of imidazole rings is 1. The van der Waals surface area contributed by atoms with Gasteiger partial charge in [0.1, 0.15) is 5.82 Å². The zero-order valence-corrected chi connectivity index (χ0v) is 17.0. The van der Waals surface area contributed by atoms with Crippen LogP contribution in [-0.4, -0.2) is 33.4 Å². The van der Waals surface area contributed by atoms with Gasteiger partial charge < -0.3 is 9.47 Å². The summed E-state index contributed by atoms with van der Waals surface area (Å²) in [5, 5.41) is 0. The molecular weight excluding hydrogens is 379 g/mol. The van der Waals surface area contributed by atoms with E-state index in [-0.39, 0.29) is 17.9 Å². The Bertz CT molecular complexity index is 889. The molecule has 0 radical (unpaired) electrons. The largest absolute Gasteiger partial charge is 0.416 e. The molecule has 0 spiro atoms. The van der Waals surface area contributed by atoms with E-state index in [1.807, 2.05) is 11.8 Å². The van der Waals surface area contributed by atoms with Crippen molar-refractivity contribution in [1.29, 1.82) is 0 Å². The second-order valence-electron chi connectivity index (χ2n) is 8.74. The molecular formula is C22H28F3N3O. The van der Waals surface area contributed by atoms with Crippen molar-refractivity contribution in [2.45, 2.75) is 64.6 Å². The molecule has 1 saturated heterocycles. The minimum absolute atomic E-state index is 0.159. The fourth-order valence-corrected chi connectivity index (χ4v) is 4.97. The molecule has 29 heavy (non-hydrogen) atoms. The van der Waals surface area contributed by atoms with Crippen molar-refractivity contribution < 1.29 is 18.0 Å². The van der Waals surface area contributed by atoms with E-state index < -0.39 is 11.7 Å². The van der Waals surface area contributed by atoms with Crippen LogP contribution in [0.3, 0.4) is 0 Å². The predicted octanol–water partition coefficient (Wildman–Crippen LogP) is 5.35. The van der Waals surface area contributed by atoms with E-state index in [4.69, 9.17) is 0 Å². The van der Waals surface area contributed by atoms with Gasteiger partial charge in [0.15, 0.2) is 0 Å². The first kappa shape index (κ1) is 20.2. The quantitative estimate of drug-likeness (QED) is 0.673. The van der Waals surface area contributed by atoms with Crippen LogP contribution in [0.4, 0.5) is 13.2 Å².